The molecule has 0 fully saturated rings. The third kappa shape index (κ3) is 8.16. The van der Waals surface area contributed by atoms with Gasteiger partial charge in [-0.05, 0) is 61.1 Å². The van der Waals surface area contributed by atoms with E-state index in [1.807, 2.05) is 36.4 Å². The molecule has 0 atom stereocenters. The lowest BCUT2D eigenvalue weighted by Gasteiger charge is -2.15. The molecule has 0 bridgehead atoms. The lowest BCUT2D eigenvalue weighted by molar-refractivity contribution is 1.46. The van der Waals surface area contributed by atoms with Gasteiger partial charge in [-0.3, -0.25) is 0 Å². The molecule has 0 N–H and O–H groups in total. The zero-order chi connectivity index (χ0) is 28.2. The minimum Gasteiger partial charge on any atom is -0.0622 e. The average Bonchev–Trinajstić information content (AvgIpc) is 3.00. The van der Waals surface area contributed by atoms with Crippen molar-refractivity contribution in [3.63, 3.8) is 0 Å². The molecule has 40 heavy (non-hydrogen) atoms. The maximum Gasteiger partial charge on any atom is -0.00992 e. The van der Waals surface area contributed by atoms with Gasteiger partial charge >= 0.3 is 0 Å². The summed E-state index contributed by atoms with van der Waals surface area (Å²) in [7, 11) is 0. The maximum absolute atomic E-state index is 2.22. The maximum atomic E-state index is 2.22. The average molecular weight is 519 g/mol. The first kappa shape index (κ1) is 28.3. The van der Waals surface area contributed by atoms with Crippen molar-refractivity contribution in [1.29, 1.82) is 0 Å². The minimum absolute atomic E-state index is 1.25. The Morgan fingerprint density at radius 1 is 0.225 bits per heavy atom. The highest BCUT2D eigenvalue weighted by Crippen LogP contribution is 2.38. The summed E-state index contributed by atoms with van der Waals surface area (Å²) >= 11 is 0. The normalized spacial score (nSPS) is 10.0. The second-order valence-electron chi connectivity index (χ2n) is 10.1. The van der Waals surface area contributed by atoms with Gasteiger partial charge in [0, 0.05) is 0 Å². The summed E-state index contributed by atoms with van der Waals surface area (Å²) in [4.78, 5) is 0. The van der Waals surface area contributed by atoms with E-state index in [1.165, 1.54) is 55.6 Å². The number of hydrogen-bond acceptors (Lipinski definition) is 0. The first-order valence-electron chi connectivity index (χ1n) is 13.9. The van der Waals surface area contributed by atoms with Crippen molar-refractivity contribution in [3.05, 3.63) is 180 Å². The van der Waals surface area contributed by atoms with E-state index in [0.29, 0.717) is 0 Å². The lowest BCUT2D eigenvalue weighted by Crippen LogP contribution is -1.89. The molecular weight excluding hydrogens is 480 g/mol. The van der Waals surface area contributed by atoms with E-state index in [4.69, 9.17) is 0 Å². The summed E-state index contributed by atoms with van der Waals surface area (Å²) < 4.78 is 0. The van der Waals surface area contributed by atoms with Crippen LogP contribution in [-0.2, 0) is 0 Å². The highest BCUT2D eigenvalue weighted by Gasteiger charge is 2.11. The fourth-order valence-electron chi connectivity index (χ4n) is 4.47. The summed E-state index contributed by atoms with van der Waals surface area (Å²) in [5, 5.41) is 0. The Morgan fingerprint density at radius 3 is 0.750 bits per heavy atom. The standard InChI is InChI=1S/C26H22.2C7H8/c1-19-11-15-21(16-12-19)23-7-3-5-9-25(23)26-10-6-4-8-24(26)22-17-13-20(2)14-18-22;2*1-7-5-3-2-4-6-7/h3-18H,1-2H3;2*2-6H,1H3. The van der Waals surface area contributed by atoms with Crippen LogP contribution in [0.5, 0.6) is 0 Å². The number of hydrogen-bond donors (Lipinski definition) is 0. The predicted octanol–water partition coefficient (Wildman–Crippen LogP) is 11.3. The summed E-state index contributed by atoms with van der Waals surface area (Å²) in [6.07, 6.45) is 0. The first-order valence-corrected chi connectivity index (χ1v) is 13.9. The molecule has 0 spiro atoms. The van der Waals surface area contributed by atoms with Gasteiger partial charge in [-0.2, -0.15) is 0 Å². The van der Waals surface area contributed by atoms with E-state index in [0.717, 1.165) is 0 Å². The Labute approximate surface area is 240 Å². The van der Waals surface area contributed by atoms with Crippen LogP contribution in [0.1, 0.15) is 22.3 Å². The van der Waals surface area contributed by atoms with Crippen molar-refractivity contribution >= 4 is 0 Å². The Balaban J connectivity index is 0.000000215. The van der Waals surface area contributed by atoms with Gasteiger partial charge in [0.2, 0.25) is 0 Å². The number of benzene rings is 6. The highest BCUT2D eigenvalue weighted by molar-refractivity contribution is 5.91. The van der Waals surface area contributed by atoms with Crippen LogP contribution < -0.4 is 0 Å². The van der Waals surface area contributed by atoms with Crippen molar-refractivity contribution in [2.24, 2.45) is 0 Å². The molecule has 0 heterocycles. The van der Waals surface area contributed by atoms with Gasteiger partial charge in [-0.15, -0.1) is 0 Å². The van der Waals surface area contributed by atoms with E-state index in [-0.39, 0.29) is 0 Å². The molecule has 0 unspecified atom stereocenters. The lowest BCUT2D eigenvalue weighted by atomic mass is 9.89. The van der Waals surface area contributed by atoms with E-state index in [9.17, 15) is 0 Å². The Morgan fingerprint density at radius 2 is 0.475 bits per heavy atom. The molecule has 0 saturated heterocycles. The molecule has 0 aliphatic carbocycles. The smallest absolute Gasteiger partial charge is 0.00992 e. The monoisotopic (exact) mass is 518 g/mol. The molecule has 0 aliphatic heterocycles. The van der Waals surface area contributed by atoms with E-state index >= 15 is 0 Å². The van der Waals surface area contributed by atoms with Gasteiger partial charge in [0.25, 0.3) is 0 Å². The van der Waals surface area contributed by atoms with Gasteiger partial charge in [0.15, 0.2) is 0 Å². The SMILES string of the molecule is Cc1ccc(-c2ccccc2-c2ccccc2-c2ccc(C)cc2)cc1.Cc1ccccc1.Cc1ccccc1. The zero-order valence-corrected chi connectivity index (χ0v) is 24.0. The molecule has 0 aromatic heterocycles. The fraction of sp³-hybridized carbons (Fsp3) is 0.100. The van der Waals surface area contributed by atoms with Gasteiger partial charge in [0.1, 0.15) is 0 Å². The molecule has 0 saturated carbocycles. The molecule has 0 nitrogen and oxygen atoms in total. The number of rotatable bonds is 3. The Hall–Kier alpha value is -4.68. The Kier molecular flexibility index (Phi) is 10.2. The van der Waals surface area contributed by atoms with Crippen molar-refractivity contribution in [3.8, 4) is 33.4 Å². The summed E-state index contributed by atoms with van der Waals surface area (Å²) in [5.41, 5.74) is 12.8. The van der Waals surface area contributed by atoms with Crippen LogP contribution in [0.3, 0.4) is 0 Å². The third-order valence-electron chi connectivity index (χ3n) is 6.75. The topological polar surface area (TPSA) is 0 Å². The van der Waals surface area contributed by atoms with E-state index in [2.05, 4.69) is 149 Å². The van der Waals surface area contributed by atoms with Crippen LogP contribution in [0.15, 0.2) is 158 Å². The molecule has 0 heteroatoms. The molecule has 6 rings (SSSR count). The minimum atomic E-state index is 1.25. The molecule has 0 radical (unpaired) electrons. The molecule has 198 valence electrons. The molecular formula is C40H38. The van der Waals surface area contributed by atoms with Crippen molar-refractivity contribution < 1.29 is 0 Å². The van der Waals surface area contributed by atoms with Crippen LogP contribution in [-0.4, -0.2) is 0 Å². The van der Waals surface area contributed by atoms with Gasteiger partial charge in [0.05, 0.1) is 0 Å². The van der Waals surface area contributed by atoms with E-state index in [1.54, 1.807) is 0 Å². The number of aryl methyl sites for hydroxylation is 4. The second kappa shape index (κ2) is 14.5. The fourth-order valence-corrected chi connectivity index (χ4v) is 4.47. The summed E-state index contributed by atoms with van der Waals surface area (Å²) in [6.45, 7) is 8.42. The molecule has 6 aromatic carbocycles. The first-order chi connectivity index (χ1) is 19.5. The third-order valence-corrected chi connectivity index (χ3v) is 6.75. The Bertz CT molecular complexity index is 1450. The molecule has 0 aliphatic rings. The quantitative estimate of drug-likeness (QED) is 0.218. The van der Waals surface area contributed by atoms with E-state index < -0.39 is 0 Å². The summed E-state index contributed by atoms with van der Waals surface area (Å²) in [5.74, 6) is 0. The van der Waals surface area contributed by atoms with Crippen LogP contribution in [0.4, 0.5) is 0 Å². The van der Waals surface area contributed by atoms with Crippen LogP contribution in [0.25, 0.3) is 33.4 Å². The van der Waals surface area contributed by atoms with Crippen LogP contribution in [0, 0.1) is 27.7 Å². The second-order valence-corrected chi connectivity index (χ2v) is 10.1. The molecule has 0 amide bonds. The highest BCUT2D eigenvalue weighted by atomic mass is 14.2. The molecule has 6 aromatic rings. The van der Waals surface area contributed by atoms with Crippen molar-refractivity contribution in [2.75, 3.05) is 0 Å². The largest absolute Gasteiger partial charge is 0.0622 e. The van der Waals surface area contributed by atoms with Gasteiger partial charge in [-0.25, -0.2) is 0 Å². The van der Waals surface area contributed by atoms with Crippen LogP contribution in [0.2, 0.25) is 0 Å². The van der Waals surface area contributed by atoms with Gasteiger partial charge < -0.3 is 0 Å². The summed E-state index contributed by atoms with van der Waals surface area (Å²) in [6, 6.07) is 55.4. The predicted molar refractivity (Wildman–Crippen MR) is 175 cm³/mol. The van der Waals surface area contributed by atoms with Crippen molar-refractivity contribution in [2.45, 2.75) is 27.7 Å². The zero-order valence-electron chi connectivity index (χ0n) is 24.0. The van der Waals surface area contributed by atoms with Crippen LogP contribution >= 0.6 is 0 Å². The van der Waals surface area contributed by atoms with Gasteiger partial charge in [-0.1, -0.05) is 180 Å². The van der Waals surface area contributed by atoms with Crippen molar-refractivity contribution in [1.82, 2.24) is 0 Å².